The van der Waals surface area contributed by atoms with Crippen molar-refractivity contribution in [3.05, 3.63) is 178 Å². The molecule has 0 spiro atoms. The second kappa shape index (κ2) is 11.4. The maximum absolute atomic E-state index is 14.5. The van der Waals surface area contributed by atoms with Crippen LogP contribution in [0.15, 0.2) is 145 Å². The number of halogens is 1. The highest BCUT2D eigenvalue weighted by molar-refractivity contribution is 6.42. The first-order valence-corrected chi connectivity index (χ1v) is 17.7. The van der Waals surface area contributed by atoms with Crippen molar-refractivity contribution in [2.75, 3.05) is 4.90 Å². The fourth-order valence-electron chi connectivity index (χ4n) is 8.18. The molecular weight excluding hydrogens is 642 g/mol. The van der Waals surface area contributed by atoms with Gasteiger partial charge in [-0.2, -0.15) is 0 Å². The molecule has 0 radical (unpaired) electrons. The number of para-hydroxylation sites is 1. The summed E-state index contributed by atoms with van der Waals surface area (Å²) in [4.78, 5) is 29.4. The van der Waals surface area contributed by atoms with Crippen LogP contribution in [0.25, 0.3) is 38.7 Å². The summed E-state index contributed by atoms with van der Waals surface area (Å²) in [6.45, 7) is 7.71. The molecule has 252 valence electrons. The van der Waals surface area contributed by atoms with Gasteiger partial charge < -0.3 is 4.90 Å². The van der Waals surface area contributed by atoms with Crippen molar-refractivity contribution in [2.45, 2.75) is 38.8 Å². The van der Waals surface area contributed by atoms with Crippen molar-refractivity contribution in [2.24, 2.45) is 0 Å². The zero-order valence-electron chi connectivity index (χ0n) is 29.5. The lowest BCUT2D eigenvalue weighted by atomic mass is 9.71. The summed E-state index contributed by atoms with van der Waals surface area (Å²) in [5, 5.41) is 4.05. The normalized spacial score (nSPS) is 14.8. The van der Waals surface area contributed by atoms with Crippen LogP contribution in [0.3, 0.4) is 0 Å². The number of Topliss-reactive ketones (excluding diaryl/α,β-unsaturated/α-hetero) is 2. The summed E-state index contributed by atoms with van der Waals surface area (Å²) in [6, 6.07) is 46.8. The molecule has 1 aliphatic carbocycles. The molecule has 7 aromatic carbocycles. The lowest BCUT2D eigenvalue weighted by Gasteiger charge is -2.42. The monoisotopic (exact) mass is 677 g/mol. The van der Waals surface area contributed by atoms with Crippen LogP contribution in [0, 0.1) is 0 Å². The van der Waals surface area contributed by atoms with Crippen molar-refractivity contribution in [1.82, 2.24) is 0 Å². The number of hydrogen-bond acceptors (Lipinski definition) is 3. The number of hydrogen-bond donors (Lipinski definition) is 0. The largest absolute Gasteiger partial charge is 0.310 e. The predicted molar refractivity (Wildman–Crippen MR) is 211 cm³/mol. The van der Waals surface area contributed by atoms with Crippen molar-refractivity contribution in [3.63, 3.8) is 0 Å². The number of carbonyl (C=O) groups is 2. The Morgan fingerprint density at radius 3 is 1.85 bits per heavy atom. The van der Waals surface area contributed by atoms with Crippen molar-refractivity contribution in [1.29, 1.82) is 0 Å². The van der Waals surface area contributed by atoms with E-state index in [9.17, 15) is 14.0 Å². The molecule has 7 aromatic rings. The zero-order valence-corrected chi connectivity index (χ0v) is 29.5. The van der Waals surface area contributed by atoms with Crippen molar-refractivity contribution < 1.29 is 14.0 Å². The Kier molecular flexibility index (Phi) is 7.00. The van der Waals surface area contributed by atoms with E-state index in [2.05, 4.69) is 91.5 Å². The van der Waals surface area contributed by atoms with Gasteiger partial charge in [-0.3, -0.25) is 9.59 Å². The number of rotatable bonds is 4. The van der Waals surface area contributed by atoms with Gasteiger partial charge in [0.25, 0.3) is 0 Å². The minimum atomic E-state index is -1.38. The lowest BCUT2D eigenvalue weighted by Crippen LogP contribution is -2.30. The Bertz CT molecular complexity index is 2600. The summed E-state index contributed by atoms with van der Waals surface area (Å²) < 4.78 is 14.5. The van der Waals surface area contributed by atoms with Gasteiger partial charge in [0.15, 0.2) is 11.6 Å². The predicted octanol–water partition coefficient (Wildman–Crippen LogP) is 12.4. The molecule has 0 saturated carbocycles. The average molecular weight is 678 g/mol. The minimum Gasteiger partial charge on any atom is -0.310 e. The van der Waals surface area contributed by atoms with E-state index in [-0.39, 0.29) is 22.6 Å². The molecule has 52 heavy (non-hydrogen) atoms. The van der Waals surface area contributed by atoms with Gasteiger partial charge in [-0.1, -0.05) is 111 Å². The number of anilines is 3. The molecule has 0 unspecified atom stereocenters. The molecule has 1 aliphatic heterocycles. The number of fused-ring (bicyclic) bond motifs is 6. The van der Waals surface area contributed by atoms with E-state index in [0.29, 0.717) is 16.7 Å². The smallest absolute Gasteiger partial charge is 0.197 e. The van der Waals surface area contributed by atoms with Crippen LogP contribution >= 0.6 is 0 Å². The molecule has 0 aromatic heterocycles. The van der Waals surface area contributed by atoms with Crippen molar-refractivity contribution >= 4 is 56.2 Å². The third-order valence-corrected chi connectivity index (χ3v) is 10.9. The first-order valence-electron chi connectivity index (χ1n) is 17.7. The van der Waals surface area contributed by atoms with Crippen molar-refractivity contribution in [3.8, 4) is 11.1 Å². The van der Waals surface area contributed by atoms with Crippen LogP contribution in [-0.2, 0) is 11.1 Å². The number of allylic oxidation sites excluding steroid dienone is 1. The van der Waals surface area contributed by atoms with Gasteiger partial charge in [-0.15, -0.1) is 0 Å². The van der Waals surface area contributed by atoms with Crippen LogP contribution < -0.4 is 4.90 Å². The van der Waals surface area contributed by atoms with Gasteiger partial charge in [0, 0.05) is 22.2 Å². The van der Waals surface area contributed by atoms with E-state index in [1.165, 1.54) is 11.1 Å². The molecule has 0 saturated heterocycles. The highest BCUT2D eigenvalue weighted by Gasteiger charge is 2.38. The summed E-state index contributed by atoms with van der Waals surface area (Å²) >= 11 is 0. The molecule has 0 fully saturated rings. The Morgan fingerprint density at radius 1 is 0.615 bits per heavy atom. The Labute approximate surface area is 302 Å². The molecule has 9 rings (SSSR count). The number of carbonyl (C=O) groups excluding carboxylic acids is 2. The highest BCUT2D eigenvalue weighted by atomic mass is 19.1. The summed E-state index contributed by atoms with van der Waals surface area (Å²) in [5.74, 6) is -0.451. The molecule has 4 heteroatoms. The Morgan fingerprint density at radius 2 is 1.21 bits per heavy atom. The third-order valence-electron chi connectivity index (χ3n) is 10.9. The van der Waals surface area contributed by atoms with Gasteiger partial charge in [0.1, 0.15) is 5.67 Å². The van der Waals surface area contributed by atoms with Gasteiger partial charge in [-0.05, 0) is 117 Å². The maximum Gasteiger partial charge on any atom is 0.197 e. The standard InChI is InChI=1S/C48H36FNO2/c1-47(2)41-11-7-8-12-42(41)50(36-21-16-31(17-22-36)30-14-19-35(20-15-30)48(3,4)49)43-24-18-34-25-29(13-23-37(34)44(43)47)26-40-45(51)38-27-32-9-5-6-10-33(32)28-39(38)46(40)52/h5-28H,1-4H3. The summed E-state index contributed by atoms with van der Waals surface area (Å²) in [6.07, 6.45) is 1.74. The van der Waals surface area contributed by atoms with Crippen LogP contribution in [0.5, 0.6) is 0 Å². The number of nitrogens with zero attached hydrogens (tertiary/aromatic N) is 1. The SMILES string of the molecule is CC(C)(F)c1ccc(-c2ccc(N3c4ccccc4C(C)(C)c4c3ccc3cc(C=C5C(=O)c6cc7ccccc7cc6C5=O)ccc43)cc2)cc1. The summed E-state index contributed by atoms with van der Waals surface area (Å²) in [7, 11) is 0. The first-order chi connectivity index (χ1) is 25.0. The highest BCUT2D eigenvalue weighted by Crippen LogP contribution is 2.54. The Balaban J connectivity index is 1.11. The molecular formula is C48H36FNO2. The average Bonchev–Trinajstić information content (AvgIpc) is 3.37. The fraction of sp³-hybridized carbons (Fsp3) is 0.125. The molecule has 0 amide bonds. The number of alkyl halides is 1. The van der Waals surface area contributed by atoms with E-state index in [1.807, 2.05) is 66.7 Å². The van der Waals surface area contributed by atoms with E-state index in [4.69, 9.17) is 0 Å². The molecule has 0 N–H and O–H groups in total. The maximum atomic E-state index is 14.5. The van der Waals surface area contributed by atoms with Gasteiger partial charge >= 0.3 is 0 Å². The fourth-order valence-corrected chi connectivity index (χ4v) is 8.18. The third kappa shape index (κ3) is 4.93. The van der Waals surface area contributed by atoms with E-state index in [1.54, 1.807) is 19.9 Å². The number of ketones is 2. The first kappa shape index (κ1) is 31.8. The molecule has 2 aliphatic rings. The van der Waals surface area contributed by atoms with Crippen LogP contribution in [0.2, 0.25) is 0 Å². The lowest BCUT2D eigenvalue weighted by molar-refractivity contribution is 0.0990. The van der Waals surface area contributed by atoms with Gasteiger partial charge in [-0.25, -0.2) is 4.39 Å². The van der Waals surface area contributed by atoms with E-state index >= 15 is 0 Å². The number of benzene rings is 7. The van der Waals surface area contributed by atoms with E-state index < -0.39 is 5.67 Å². The van der Waals surface area contributed by atoms with Crippen LogP contribution in [-0.4, -0.2) is 11.6 Å². The van der Waals surface area contributed by atoms with Gasteiger partial charge in [0.2, 0.25) is 0 Å². The summed E-state index contributed by atoms with van der Waals surface area (Å²) in [5.41, 5.74) is 8.73. The molecule has 1 heterocycles. The van der Waals surface area contributed by atoms with E-state index in [0.717, 1.165) is 55.3 Å². The van der Waals surface area contributed by atoms with Crippen LogP contribution in [0.1, 0.15) is 70.7 Å². The van der Waals surface area contributed by atoms with Gasteiger partial charge in [0.05, 0.1) is 16.9 Å². The molecule has 0 atom stereocenters. The second-order valence-corrected chi connectivity index (χ2v) is 15.0. The topological polar surface area (TPSA) is 37.4 Å². The zero-order chi connectivity index (χ0) is 35.9. The Hall–Kier alpha value is -6.13. The minimum absolute atomic E-state index is 0.202. The quantitative estimate of drug-likeness (QED) is 0.137. The molecule has 0 bridgehead atoms. The molecule has 3 nitrogen and oxygen atoms in total. The van der Waals surface area contributed by atoms with Crippen LogP contribution in [0.4, 0.5) is 21.5 Å². The second-order valence-electron chi connectivity index (χ2n) is 15.0.